The first-order valence-electron chi connectivity index (χ1n) is 27.5. The Morgan fingerprint density at radius 2 is 0.846 bits per heavy atom. The summed E-state index contributed by atoms with van der Waals surface area (Å²) in [5.41, 5.74) is 28.3. The number of hydrogen-bond donors (Lipinski definition) is 0. The average Bonchev–Trinajstić information content (AvgIpc) is 2.75. The molecule has 0 saturated heterocycles. The molecule has 372 valence electrons. The third kappa shape index (κ3) is 5.78. The van der Waals surface area contributed by atoms with Crippen LogP contribution >= 0.6 is 0 Å². The highest BCUT2D eigenvalue weighted by Gasteiger charge is 2.50. The molecule has 2 aromatic heterocycles. The number of nitrogens with zero attached hydrogens (tertiary/aromatic N) is 1. The molecule has 16 rings (SSSR count). The Kier molecular flexibility index (Phi) is 9.21. The van der Waals surface area contributed by atoms with Crippen LogP contribution in [0.15, 0.2) is 233 Å². The molecule has 0 radical (unpaired) electrons. The van der Waals surface area contributed by atoms with Gasteiger partial charge in [-0.05, 0) is 145 Å². The van der Waals surface area contributed by atoms with Crippen molar-refractivity contribution in [3.8, 4) is 44.5 Å². The van der Waals surface area contributed by atoms with Gasteiger partial charge in [-0.25, -0.2) is 0 Å². The largest absolute Gasteiger partial charge is 0.455 e. The number of para-hydroxylation sites is 3. The van der Waals surface area contributed by atoms with E-state index in [9.17, 15) is 0 Å². The van der Waals surface area contributed by atoms with Crippen molar-refractivity contribution in [3.63, 3.8) is 0 Å². The van der Waals surface area contributed by atoms with Crippen LogP contribution in [-0.4, -0.2) is 0 Å². The highest BCUT2D eigenvalue weighted by molar-refractivity contribution is 6.22. The van der Waals surface area contributed by atoms with Crippen molar-refractivity contribution in [2.45, 2.75) is 57.8 Å². The lowest BCUT2D eigenvalue weighted by atomic mass is 9.67. The van der Waals surface area contributed by atoms with Gasteiger partial charge >= 0.3 is 0 Å². The number of furan rings is 2. The number of aryl methyl sites for hydroxylation is 2. The van der Waals surface area contributed by atoms with Gasteiger partial charge in [-0.1, -0.05) is 210 Å². The number of hydrogen-bond acceptors (Lipinski definition) is 3. The second-order valence-corrected chi connectivity index (χ2v) is 23.1. The topological polar surface area (TPSA) is 29.5 Å². The minimum atomic E-state index is -0.712. The second kappa shape index (κ2) is 15.9. The van der Waals surface area contributed by atoms with Crippen LogP contribution in [-0.2, 0) is 16.2 Å². The third-order valence-electron chi connectivity index (χ3n) is 18.3. The third-order valence-corrected chi connectivity index (χ3v) is 18.3. The summed E-state index contributed by atoms with van der Waals surface area (Å²) < 4.78 is 14.1. The molecule has 0 aliphatic heterocycles. The van der Waals surface area contributed by atoms with E-state index >= 15 is 0 Å². The van der Waals surface area contributed by atoms with Gasteiger partial charge in [-0.15, -0.1) is 0 Å². The summed E-state index contributed by atoms with van der Waals surface area (Å²) in [5, 5.41) is 4.64. The molecule has 0 fully saturated rings. The summed E-state index contributed by atoms with van der Waals surface area (Å²) in [6, 6.07) is 83.2. The van der Waals surface area contributed by atoms with E-state index in [4.69, 9.17) is 8.83 Å². The van der Waals surface area contributed by atoms with Crippen LogP contribution in [0.2, 0.25) is 0 Å². The number of rotatable bonds is 6. The van der Waals surface area contributed by atoms with Crippen LogP contribution in [0.1, 0.15) is 83.3 Å². The van der Waals surface area contributed by atoms with Crippen LogP contribution in [0.3, 0.4) is 0 Å². The lowest BCUT2D eigenvalue weighted by molar-refractivity contribution is 0.600. The normalized spacial score (nSPS) is 14.8. The van der Waals surface area contributed by atoms with Crippen LogP contribution in [0.25, 0.3) is 88.4 Å². The Labute approximate surface area is 454 Å². The van der Waals surface area contributed by atoms with Gasteiger partial charge in [0.2, 0.25) is 0 Å². The van der Waals surface area contributed by atoms with E-state index in [2.05, 4.69) is 271 Å². The molecule has 13 aromatic rings. The van der Waals surface area contributed by atoms with Crippen LogP contribution in [0.5, 0.6) is 0 Å². The average molecular weight is 1000 g/mol. The highest BCUT2D eigenvalue weighted by Crippen LogP contribution is 2.65. The lowest BCUT2D eigenvalue weighted by Gasteiger charge is -2.35. The van der Waals surface area contributed by atoms with E-state index in [1.165, 1.54) is 100 Å². The van der Waals surface area contributed by atoms with E-state index in [0.29, 0.717) is 0 Å². The molecular weight excluding hydrogens is 947 g/mol. The molecule has 0 unspecified atom stereocenters. The van der Waals surface area contributed by atoms with Gasteiger partial charge < -0.3 is 13.7 Å². The molecule has 0 bridgehead atoms. The minimum absolute atomic E-state index is 0.252. The number of benzene rings is 11. The Bertz CT molecular complexity index is 4630. The summed E-state index contributed by atoms with van der Waals surface area (Å²) in [5.74, 6) is 0. The van der Waals surface area contributed by atoms with Gasteiger partial charge in [0.1, 0.15) is 22.3 Å². The van der Waals surface area contributed by atoms with Gasteiger partial charge in [0, 0.05) is 54.9 Å². The van der Waals surface area contributed by atoms with E-state index in [-0.39, 0.29) is 10.8 Å². The molecule has 2 heterocycles. The zero-order valence-corrected chi connectivity index (χ0v) is 44.6. The van der Waals surface area contributed by atoms with Crippen molar-refractivity contribution in [1.82, 2.24) is 0 Å². The Balaban J connectivity index is 0.986. The first kappa shape index (κ1) is 45.1. The molecular formula is C75H55NO2. The number of fused-ring (bicyclic) bond motifs is 19. The quantitative estimate of drug-likeness (QED) is 0.166. The summed E-state index contributed by atoms with van der Waals surface area (Å²) in [6.45, 7) is 14.3. The van der Waals surface area contributed by atoms with Gasteiger partial charge in [-0.3, -0.25) is 0 Å². The second-order valence-electron chi connectivity index (χ2n) is 23.1. The first-order valence-corrected chi connectivity index (χ1v) is 27.5. The molecule has 78 heavy (non-hydrogen) atoms. The summed E-state index contributed by atoms with van der Waals surface area (Å²) in [7, 11) is 0. The fourth-order valence-electron chi connectivity index (χ4n) is 15.0. The maximum absolute atomic E-state index is 7.05. The Morgan fingerprint density at radius 1 is 0.359 bits per heavy atom. The van der Waals surface area contributed by atoms with Crippen LogP contribution in [0.4, 0.5) is 17.1 Å². The Morgan fingerprint density at radius 3 is 1.49 bits per heavy atom. The summed E-state index contributed by atoms with van der Waals surface area (Å²) >= 11 is 0. The smallest absolute Gasteiger partial charge is 0.144 e. The predicted octanol–water partition coefficient (Wildman–Crippen LogP) is 20.2. The predicted molar refractivity (Wildman–Crippen MR) is 323 cm³/mol. The molecule has 3 aliphatic rings. The van der Waals surface area contributed by atoms with E-state index in [1.54, 1.807) is 0 Å². The molecule has 3 nitrogen and oxygen atoms in total. The van der Waals surface area contributed by atoms with Crippen molar-refractivity contribution in [2.75, 3.05) is 4.90 Å². The van der Waals surface area contributed by atoms with Crippen molar-refractivity contribution < 1.29 is 8.83 Å². The molecule has 0 spiro atoms. The minimum Gasteiger partial charge on any atom is -0.455 e. The van der Waals surface area contributed by atoms with Crippen molar-refractivity contribution in [2.24, 2.45) is 0 Å². The first-order chi connectivity index (χ1) is 38.1. The molecule has 3 heteroatoms. The van der Waals surface area contributed by atoms with Crippen LogP contribution < -0.4 is 4.90 Å². The lowest BCUT2D eigenvalue weighted by Crippen LogP contribution is -2.29. The molecule has 11 aromatic carbocycles. The fourth-order valence-corrected chi connectivity index (χ4v) is 15.0. The van der Waals surface area contributed by atoms with E-state index < -0.39 is 5.41 Å². The summed E-state index contributed by atoms with van der Waals surface area (Å²) in [6.07, 6.45) is 0. The van der Waals surface area contributed by atoms with Crippen molar-refractivity contribution in [3.05, 3.63) is 280 Å². The fraction of sp³-hybridized carbons (Fsp3) is 0.120. The number of anilines is 3. The van der Waals surface area contributed by atoms with Crippen molar-refractivity contribution in [1.29, 1.82) is 0 Å². The van der Waals surface area contributed by atoms with Crippen molar-refractivity contribution >= 4 is 60.9 Å². The van der Waals surface area contributed by atoms with Gasteiger partial charge in [0.25, 0.3) is 0 Å². The van der Waals surface area contributed by atoms with E-state index in [1.807, 2.05) is 0 Å². The van der Waals surface area contributed by atoms with E-state index in [0.717, 1.165) is 61.0 Å². The molecule has 0 N–H and O–H groups in total. The molecule has 0 atom stereocenters. The molecule has 3 aliphatic carbocycles. The van der Waals surface area contributed by atoms with Gasteiger partial charge in [-0.2, -0.15) is 0 Å². The zero-order valence-electron chi connectivity index (χ0n) is 44.6. The van der Waals surface area contributed by atoms with Gasteiger partial charge in [0.15, 0.2) is 0 Å². The van der Waals surface area contributed by atoms with Gasteiger partial charge in [0.05, 0.1) is 11.1 Å². The maximum atomic E-state index is 7.05. The zero-order chi connectivity index (χ0) is 52.4. The standard InChI is InChI=1S/C75H55NO2/c1-44-23-22-24-45(2)70(44)76(49-37-39-52-58(41-49)74(5,6)68-64(52)66-55-33-18-21-36-62(55)78-72(66)67-51-31-16-19-34-57(51)73(3,4)69(67)68)50-38-40-53-59(42-50)75(47-27-12-8-13-28-47,48-29-14-9-15-30-48)60-43-56(46-25-10-7-11-26-46)71-65(63(53)60)54-32-17-20-35-61(54)77-71/h7-43H,1-6H3. The highest BCUT2D eigenvalue weighted by atomic mass is 16.3. The molecule has 0 saturated carbocycles. The Hall–Kier alpha value is -9.18. The molecule has 0 amide bonds. The van der Waals surface area contributed by atoms with Crippen LogP contribution in [0, 0.1) is 13.8 Å². The maximum Gasteiger partial charge on any atom is 0.144 e. The SMILES string of the molecule is Cc1cccc(C)c1N(c1ccc2c(c1)C(C)(C)c1c3c(c4oc5ccccc5c4c1-2)-c1ccccc1C3(C)C)c1ccc2c(c1)C(c1ccccc1)(c1ccccc1)c1cc(-c3ccccc3)c3oc4ccccc4c3c1-2. The summed E-state index contributed by atoms with van der Waals surface area (Å²) in [4.78, 5) is 2.55. The monoisotopic (exact) mass is 1000 g/mol.